The van der Waals surface area contributed by atoms with Crippen molar-refractivity contribution in [1.82, 2.24) is 14.7 Å². The molecule has 1 N–H and O–H groups in total. The Kier molecular flexibility index (Phi) is 4.16. The van der Waals surface area contributed by atoms with Gasteiger partial charge in [0.25, 0.3) is 0 Å². The molecule has 1 saturated heterocycles. The maximum absolute atomic E-state index is 12.8. The first-order chi connectivity index (χ1) is 12.6. The predicted octanol–water partition coefficient (Wildman–Crippen LogP) is 2.36. The number of aromatic nitrogens is 2. The van der Waals surface area contributed by atoms with Gasteiger partial charge in [0.15, 0.2) is 0 Å². The Bertz CT molecular complexity index is 951. The standard InChI is InChI=1S/C20H19N3O3/c24-19(13-23-18-9-5-4-8-15(18)10-21-23)22-11-16(17(12-22)20(25)26)14-6-2-1-3-7-14/h1-10,16-17H,11-13H2,(H,25,26)/t16-,17-/m1/s1. The second-order valence-corrected chi connectivity index (χ2v) is 6.62. The van der Waals surface area contributed by atoms with Gasteiger partial charge in [-0.15, -0.1) is 0 Å². The van der Waals surface area contributed by atoms with Gasteiger partial charge in [-0.25, -0.2) is 0 Å². The van der Waals surface area contributed by atoms with E-state index in [1.54, 1.807) is 15.8 Å². The second kappa shape index (κ2) is 6.63. The summed E-state index contributed by atoms with van der Waals surface area (Å²) < 4.78 is 1.67. The molecule has 0 radical (unpaired) electrons. The quantitative estimate of drug-likeness (QED) is 0.785. The molecule has 0 spiro atoms. The second-order valence-electron chi connectivity index (χ2n) is 6.62. The minimum Gasteiger partial charge on any atom is -0.481 e. The van der Waals surface area contributed by atoms with Crippen molar-refractivity contribution in [3.05, 3.63) is 66.4 Å². The maximum Gasteiger partial charge on any atom is 0.308 e. The van der Waals surface area contributed by atoms with E-state index in [9.17, 15) is 14.7 Å². The zero-order valence-corrected chi connectivity index (χ0v) is 14.2. The van der Waals surface area contributed by atoms with Crippen molar-refractivity contribution < 1.29 is 14.7 Å². The summed E-state index contributed by atoms with van der Waals surface area (Å²) in [4.78, 5) is 26.1. The fourth-order valence-electron chi connectivity index (χ4n) is 3.68. The van der Waals surface area contributed by atoms with Crippen LogP contribution in [0.2, 0.25) is 0 Å². The number of fused-ring (bicyclic) bond motifs is 1. The number of carbonyl (C=O) groups is 2. The highest BCUT2D eigenvalue weighted by atomic mass is 16.4. The molecule has 132 valence electrons. The van der Waals surface area contributed by atoms with Gasteiger partial charge in [-0.1, -0.05) is 48.5 Å². The fraction of sp³-hybridized carbons (Fsp3) is 0.250. The van der Waals surface area contributed by atoms with Crippen LogP contribution >= 0.6 is 0 Å². The molecule has 1 fully saturated rings. The van der Waals surface area contributed by atoms with Gasteiger partial charge < -0.3 is 10.0 Å². The Balaban J connectivity index is 1.54. The molecule has 2 heterocycles. The SMILES string of the molecule is O=C(O)[C@@H]1CN(C(=O)Cn2ncc3ccccc32)C[C@@H]1c1ccccc1. The van der Waals surface area contributed by atoms with Crippen molar-refractivity contribution in [3.8, 4) is 0 Å². The van der Waals surface area contributed by atoms with Crippen molar-refractivity contribution in [3.63, 3.8) is 0 Å². The zero-order chi connectivity index (χ0) is 18.1. The summed E-state index contributed by atoms with van der Waals surface area (Å²) in [6.45, 7) is 0.757. The van der Waals surface area contributed by atoms with Gasteiger partial charge in [0.1, 0.15) is 6.54 Å². The lowest BCUT2D eigenvalue weighted by Gasteiger charge is -2.17. The Hall–Kier alpha value is -3.15. The van der Waals surface area contributed by atoms with Gasteiger partial charge in [-0.2, -0.15) is 5.10 Å². The molecule has 26 heavy (non-hydrogen) atoms. The minimum absolute atomic E-state index is 0.108. The molecule has 4 rings (SSSR count). The third-order valence-corrected chi connectivity index (χ3v) is 5.05. The van der Waals surface area contributed by atoms with E-state index in [4.69, 9.17) is 0 Å². The maximum atomic E-state index is 12.8. The predicted molar refractivity (Wildman–Crippen MR) is 96.6 cm³/mol. The molecule has 0 unspecified atom stereocenters. The van der Waals surface area contributed by atoms with Crippen LogP contribution in [0.15, 0.2) is 60.8 Å². The zero-order valence-electron chi connectivity index (χ0n) is 14.2. The van der Waals surface area contributed by atoms with Crippen LogP contribution in [0.5, 0.6) is 0 Å². The molecular formula is C20H19N3O3. The highest BCUT2D eigenvalue weighted by molar-refractivity contribution is 5.83. The lowest BCUT2D eigenvalue weighted by atomic mass is 9.89. The summed E-state index contributed by atoms with van der Waals surface area (Å²) in [5, 5.41) is 14.9. The van der Waals surface area contributed by atoms with Crippen LogP contribution in [0, 0.1) is 5.92 Å². The highest BCUT2D eigenvalue weighted by Gasteiger charge is 2.40. The number of benzene rings is 2. The number of amides is 1. The molecule has 3 aromatic rings. The summed E-state index contributed by atoms with van der Waals surface area (Å²) in [6.07, 6.45) is 1.74. The van der Waals surface area contributed by atoms with Crippen LogP contribution in [0.3, 0.4) is 0 Å². The first kappa shape index (κ1) is 16.3. The van der Waals surface area contributed by atoms with Gasteiger partial charge in [0, 0.05) is 24.4 Å². The summed E-state index contributed by atoms with van der Waals surface area (Å²) >= 11 is 0. The Morgan fingerprint density at radius 1 is 1.04 bits per heavy atom. The fourth-order valence-corrected chi connectivity index (χ4v) is 3.68. The Morgan fingerprint density at radius 3 is 2.54 bits per heavy atom. The first-order valence-corrected chi connectivity index (χ1v) is 8.59. The molecule has 1 aliphatic rings. The number of likely N-dealkylation sites (tertiary alicyclic amines) is 1. The lowest BCUT2D eigenvalue weighted by molar-refractivity contribution is -0.141. The lowest BCUT2D eigenvalue weighted by Crippen LogP contribution is -2.33. The van der Waals surface area contributed by atoms with Gasteiger partial charge in [-0.05, 0) is 11.6 Å². The molecule has 1 aromatic heterocycles. The molecule has 1 aliphatic heterocycles. The first-order valence-electron chi connectivity index (χ1n) is 8.59. The Morgan fingerprint density at radius 2 is 1.77 bits per heavy atom. The monoisotopic (exact) mass is 349 g/mol. The number of aliphatic carboxylic acids is 1. The van der Waals surface area contributed by atoms with Gasteiger partial charge in [0.05, 0.1) is 17.6 Å². The van der Waals surface area contributed by atoms with E-state index >= 15 is 0 Å². The molecular weight excluding hydrogens is 330 g/mol. The van der Waals surface area contributed by atoms with Crippen molar-refractivity contribution in [2.45, 2.75) is 12.5 Å². The largest absolute Gasteiger partial charge is 0.481 e. The summed E-state index contributed by atoms with van der Waals surface area (Å²) in [6, 6.07) is 17.3. The van der Waals surface area contributed by atoms with Crippen LogP contribution < -0.4 is 0 Å². The molecule has 2 aromatic carbocycles. The van der Waals surface area contributed by atoms with Crippen LogP contribution in [-0.4, -0.2) is 44.8 Å². The summed E-state index contributed by atoms with van der Waals surface area (Å²) in [5.74, 6) is -1.75. The van der Waals surface area contributed by atoms with Crippen LogP contribution in [0.25, 0.3) is 10.9 Å². The Labute approximate surface area is 150 Å². The van der Waals surface area contributed by atoms with Crippen LogP contribution in [0.4, 0.5) is 0 Å². The minimum atomic E-state index is -0.862. The number of carboxylic acid groups (broad SMARTS) is 1. The number of carbonyl (C=O) groups excluding carboxylic acids is 1. The third kappa shape index (κ3) is 2.94. The molecule has 1 amide bonds. The number of nitrogens with zero attached hydrogens (tertiary/aromatic N) is 3. The number of hydrogen-bond acceptors (Lipinski definition) is 3. The van der Waals surface area contributed by atoms with E-state index in [-0.39, 0.29) is 24.9 Å². The number of hydrogen-bond donors (Lipinski definition) is 1. The molecule has 6 heteroatoms. The average Bonchev–Trinajstić information content (AvgIpc) is 3.28. The highest BCUT2D eigenvalue weighted by Crippen LogP contribution is 2.33. The van der Waals surface area contributed by atoms with Crippen molar-refractivity contribution in [1.29, 1.82) is 0 Å². The molecule has 2 atom stereocenters. The topological polar surface area (TPSA) is 75.4 Å². The molecule has 0 saturated carbocycles. The smallest absolute Gasteiger partial charge is 0.308 e. The summed E-state index contributed by atoms with van der Waals surface area (Å²) in [5.41, 5.74) is 1.86. The number of carboxylic acids is 1. The van der Waals surface area contributed by atoms with Gasteiger partial charge in [0.2, 0.25) is 5.91 Å². The van der Waals surface area contributed by atoms with Crippen molar-refractivity contribution in [2.24, 2.45) is 5.92 Å². The van der Waals surface area contributed by atoms with E-state index in [1.807, 2.05) is 54.6 Å². The van der Waals surface area contributed by atoms with E-state index in [0.29, 0.717) is 6.54 Å². The molecule has 0 aliphatic carbocycles. The van der Waals surface area contributed by atoms with E-state index < -0.39 is 11.9 Å². The van der Waals surface area contributed by atoms with Crippen molar-refractivity contribution in [2.75, 3.05) is 13.1 Å². The van der Waals surface area contributed by atoms with E-state index in [2.05, 4.69) is 5.10 Å². The van der Waals surface area contributed by atoms with E-state index in [0.717, 1.165) is 16.5 Å². The van der Waals surface area contributed by atoms with Crippen LogP contribution in [-0.2, 0) is 16.1 Å². The van der Waals surface area contributed by atoms with Gasteiger partial charge in [-0.3, -0.25) is 14.3 Å². The van der Waals surface area contributed by atoms with E-state index in [1.165, 1.54) is 0 Å². The van der Waals surface area contributed by atoms with Crippen molar-refractivity contribution >= 4 is 22.8 Å². The number of rotatable bonds is 4. The molecule has 6 nitrogen and oxygen atoms in total. The van der Waals surface area contributed by atoms with Crippen LogP contribution in [0.1, 0.15) is 11.5 Å². The summed E-state index contributed by atoms with van der Waals surface area (Å²) in [7, 11) is 0. The molecule has 0 bridgehead atoms. The van der Waals surface area contributed by atoms with Gasteiger partial charge >= 0.3 is 5.97 Å². The third-order valence-electron chi connectivity index (χ3n) is 5.05. The average molecular weight is 349 g/mol. The number of para-hydroxylation sites is 1. The normalized spacial score (nSPS) is 19.8.